The van der Waals surface area contributed by atoms with E-state index in [2.05, 4.69) is 0 Å². The first-order valence-electron chi connectivity index (χ1n) is 2.66. The van der Waals surface area contributed by atoms with E-state index >= 15 is 0 Å². The van der Waals surface area contributed by atoms with Crippen LogP contribution in [0, 0.1) is 5.92 Å². The van der Waals surface area contributed by atoms with Crippen LogP contribution in [0.25, 0.3) is 0 Å². The number of hydrogen-bond donors (Lipinski definition) is 2. The summed E-state index contributed by atoms with van der Waals surface area (Å²) in [5, 5.41) is 8.45. The lowest BCUT2D eigenvalue weighted by molar-refractivity contribution is 0.227. The average molecular weight is 103 g/mol. The van der Waals surface area contributed by atoms with Crippen LogP contribution in [0.2, 0.25) is 0 Å². The molecule has 0 amide bonds. The lowest BCUT2D eigenvalue weighted by atomic mass is 10.1. The smallest absolute Gasteiger partial charge is 0.0471 e. The van der Waals surface area contributed by atoms with E-state index in [1.54, 1.807) is 0 Å². The van der Waals surface area contributed by atoms with Crippen LogP contribution in [0.3, 0.4) is 0 Å². The van der Waals surface area contributed by atoms with Gasteiger partial charge in [-0.05, 0) is 18.9 Å². The SMILES string of the molecule is CC[C@H](CN)CO. The van der Waals surface area contributed by atoms with Gasteiger partial charge in [-0.25, -0.2) is 0 Å². The summed E-state index contributed by atoms with van der Waals surface area (Å²) in [6.45, 7) is 2.85. The molecule has 0 aliphatic heterocycles. The van der Waals surface area contributed by atoms with Crippen LogP contribution in [0.15, 0.2) is 0 Å². The van der Waals surface area contributed by atoms with E-state index in [0.717, 1.165) is 6.42 Å². The minimum atomic E-state index is 0.229. The fraction of sp³-hybridized carbons (Fsp3) is 1.00. The zero-order valence-electron chi connectivity index (χ0n) is 4.72. The molecule has 0 spiro atoms. The van der Waals surface area contributed by atoms with E-state index in [1.165, 1.54) is 0 Å². The van der Waals surface area contributed by atoms with Crippen LogP contribution in [0.4, 0.5) is 0 Å². The van der Waals surface area contributed by atoms with Gasteiger partial charge in [-0.15, -0.1) is 0 Å². The summed E-state index contributed by atoms with van der Waals surface area (Å²) in [6, 6.07) is 0. The highest BCUT2D eigenvalue weighted by atomic mass is 16.3. The maximum Gasteiger partial charge on any atom is 0.0471 e. The van der Waals surface area contributed by atoms with Crippen molar-refractivity contribution >= 4 is 0 Å². The largest absolute Gasteiger partial charge is 0.396 e. The van der Waals surface area contributed by atoms with Gasteiger partial charge in [-0.3, -0.25) is 0 Å². The van der Waals surface area contributed by atoms with Gasteiger partial charge >= 0.3 is 0 Å². The molecule has 44 valence electrons. The summed E-state index contributed by atoms with van der Waals surface area (Å²) in [5.74, 6) is 0.319. The van der Waals surface area contributed by atoms with E-state index < -0.39 is 0 Å². The molecule has 0 saturated carbocycles. The van der Waals surface area contributed by atoms with Crippen LogP contribution in [0.5, 0.6) is 0 Å². The van der Waals surface area contributed by atoms with Crippen LogP contribution >= 0.6 is 0 Å². The number of aliphatic hydroxyl groups is 1. The maximum absolute atomic E-state index is 8.45. The zero-order valence-corrected chi connectivity index (χ0v) is 4.72. The van der Waals surface area contributed by atoms with Gasteiger partial charge in [0, 0.05) is 6.61 Å². The van der Waals surface area contributed by atoms with Gasteiger partial charge in [-0.1, -0.05) is 6.92 Å². The first kappa shape index (κ1) is 6.92. The molecule has 0 aliphatic rings. The normalized spacial score (nSPS) is 14.1. The highest BCUT2D eigenvalue weighted by molar-refractivity contribution is 4.52. The highest BCUT2D eigenvalue weighted by Crippen LogP contribution is 1.95. The fourth-order valence-electron chi connectivity index (χ4n) is 0.370. The summed E-state index contributed by atoms with van der Waals surface area (Å²) >= 11 is 0. The summed E-state index contributed by atoms with van der Waals surface area (Å²) in [6.07, 6.45) is 0.979. The molecule has 0 heterocycles. The van der Waals surface area contributed by atoms with E-state index in [-0.39, 0.29) is 6.61 Å². The lowest BCUT2D eigenvalue weighted by Gasteiger charge is -2.04. The van der Waals surface area contributed by atoms with E-state index in [4.69, 9.17) is 10.8 Å². The Morgan fingerprint density at radius 1 is 1.71 bits per heavy atom. The molecule has 3 N–H and O–H groups in total. The third-order valence-corrected chi connectivity index (χ3v) is 1.17. The Bertz CT molecular complexity index is 29.6. The number of hydrogen-bond acceptors (Lipinski definition) is 2. The van der Waals surface area contributed by atoms with Gasteiger partial charge in [0.15, 0.2) is 0 Å². The predicted molar refractivity (Wildman–Crippen MR) is 29.9 cm³/mol. The maximum atomic E-state index is 8.45. The minimum absolute atomic E-state index is 0.229. The number of nitrogens with two attached hydrogens (primary N) is 1. The van der Waals surface area contributed by atoms with E-state index in [9.17, 15) is 0 Å². The van der Waals surface area contributed by atoms with Crippen molar-refractivity contribution in [3.05, 3.63) is 0 Å². The average Bonchev–Trinajstić information content (AvgIpc) is 1.72. The quantitative estimate of drug-likeness (QED) is 0.526. The first-order valence-corrected chi connectivity index (χ1v) is 2.66. The molecule has 0 bridgehead atoms. The summed E-state index contributed by atoms with van der Waals surface area (Å²) in [5.41, 5.74) is 5.23. The van der Waals surface area contributed by atoms with Crippen molar-refractivity contribution in [2.75, 3.05) is 13.2 Å². The Hall–Kier alpha value is -0.0800. The Kier molecular flexibility index (Phi) is 4.04. The van der Waals surface area contributed by atoms with E-state index in [0.29, 0.717) is 12.5 Å². The second-order valence-electron chi connectivity index (χ2n) is 1.69. The number of rotatable bonds is 3. The Balaban J connectivity index is 2.99. The molecule has 0 aromatic rings. The van der Waals surface area contributed by atoms with Crippen LogP contribution in [-0.4, -0.2) is 18.3 Å². The molecule has 1 atom stereocenters. The standard InChI is InChI=1S/C5H13NO/c1-2-5(3-6)4-7/h5,7H,2-4,6H2,1H3/t5-/m1/s1. The fourth-order valence-corrected chi connectivity index (χ4v) is 0.370. The molecule has 0 fully saturated rings. The molecule has 7 heavy (non-hydrogen) atoms. The highest BCUT2D eigenvalue weighted by Gasteiger charge is 1.97. The molecule has 0 unspecified atom stereocenters. The molecule has 0 aliphatic carbocycles. The number of aliphatic hydroxyl groups excluding tert-OH is 1. The van der Waals surface area contributed by atoms with Crippen molar-refractivity contribution in [2.45, 2.75) is 13.3 Å². The molecule has 0 aromatic carbocycles. The molecule has 0 saturated heterocycles. The zero-order chi connectivity index (χ0) is 5.70. The summed E-state index contributed by atoms with van der Waals surface area (Å²) in [7, 11) is 0. The monoisotopic (exact) mass is 103 g/mol. The molecule has 2 nitrogen and oxygen atoms in total. The lowest BCUT2D eigenvalue weighted by Crippen LogP contribution is -2.16. The summed E-state index contributed by atoms with van der Waals surface area (Å²) in [4.78, 5) is 0. The van der Waals surface area contributed by atoms with Gasteiger partial charge in [-0.2, -0.15) is 0 Å². The van der Waals surface area contributed by atoms with Crippen LogP contribution in [0.1, 0.15) is 13.3 Å². The van der Waals surface area contributed by atoms with Crippen molar-refractivity contribution in [3.63, 3.8) is 0 Å². The third kappa shape index (κ3) is 2.60. The van der Waals surface area contributed by atoms with Gasteiger partial charge in [0.1, 0.15) is 0 Å². The first-order chi connectivity index (χ1) is 3.35. The molecule has 0 rings (SSSR count). The molecule has 2 heteroatoms. The molecular weight excluding hydrogens is 90.1 g/mol. The predicted octanol–water partition coefficient (Wildman–Crippen LogP) is -0.0364. The van der Waals surface area contributed by atoms with Crippen LogP contribution in [-0.2, 0) is 0 Å². The Morgan fingerprint density at radius 3 is 2.29 bits per heavy atom. The van der Waals surface area contributed by atoms with Crippen molar-refractivity contribution in [1.82, 2.24) is 0 Å². The third-order valence-electron chi connectivity index (χ3n) is 1.17. The Labute approximate surface area is 44.3 Å². The molecule has 0 aromatic heterocycles. The van der Waals surface area contributed by atoms with E-state index in [1.807, 2.05) is 6.92 Å². The van der Waals surface area contributed by atoms with Crippen molar-refractivity contribution in [1.29, 1.82) is 0 Å². The van der Waals surface area contributed by atoms with Gasteiger partial charge in [0.25, 0.3) is 0 Å². The molecule has 0 radical (unpaired) electrons. The van der Waals surface area contributed by atoms with Crippen molar-refractivity contribution in [3.8, 4) is 0 Å². The second kappa shape index (κ2) is 4.09. The Morgan fingerprint density at radius 2 is 2.29 bits per heavy atom. The van der Waals surface area contributed by atoms with Gasteiger partial charge in [0.2, 0.25) is 0 Å². The summed E-state index contributed by atoms with van der Waals surface area (Å²) < 4.78 is 0. The topological polar surface area (TPSA) is 46.2 Å². The van der Waals surface area contributed by atoms with Gasteiger partial charge in [0.05, 0.1) is 0 Å². The van der Waals surface area contributed by atoms with Crippen LogP contribution < -0.4 is 5.73 Å². The van der Waals surface area contributed by atoms with Crippen molar-refractivity contribution < 1.29 is 5.11 Å². The molecular formula is C5H13NO. The second-order valence-corrected chi connectivity index (χ2v) is 1.69. The minimum Gasteiger partial charge on any atom is -0.396 e. The van der Waals surface area contributed by atoms with Crippen molar-refractivity contribution in [2.24, 2.45) is 11.7 Å². The van der Waals surface area contributed by atoms with Gasteiger partial charge < -0.3 is 10.8 Å².